The molecule has 16 heavy (non-hydrogen) atoms. The Labute approximate surface area is 99.5 Å². The van der Waals surface area contributed by atoms with Gasteiger partial charge in [0, 0.05) is 11.9 Å². The number of hydrogen-bond donors (Lipinski definition) is 0. The number of halogens is 1. The lowest BCUT2D eigenvalue weighted by atomic mass is 10.2. The molecular weight excluding hydrogens is 222 g/mol. The Morgan fingerprint density at radius 2 is 2.12 bits per heavy atom. The fourth-order valence-corrected chi connectivity index (χ4v) is 1.66. The first kappa shape index (κ1) is 11.0. The first-order valence-electron chi connectivity index (χ1n) is 5.24. The maximum atomic E-state index is 5.96. The molecule has 4 heteroatoms. The van der Waals surface area contributed by atoms with Crippen LogP contribution in [0.5, 0.6) is 0 Å². The highest BCUT2D eigenvalue weighted by Crippen LogP contribution is 2.16. The molecule has 2 aromatic heterocycles. The summed E-state index contributed by atoms with van der Waals surface area (Å²) in [6.07, 6.45) is 3.66. The summed E-state index contributed by atoms with van der Waals surface area (Å²) < 4.78 is 0. The quantitative estimate of drug-likeness (QED) is 0.765. The van der Waals surface area contributed by atoms with Gasteiger partial charge >= 0.3 is 0 Å². The van der Waals surface area contributed by atoms with Gasteiger partial charge in [-0.1, -0.05) is 31.0 Å². The molecule has 0 bridgehead atoms. The smallest absolute Gasteiger partial charge is 0.179 e. The van der Waals surface area contributed by atoms with Crippen LogP contribution >= 0.6 is 11.6 Å². The molecule has 0 fully saturated rings. The van der Waals surface area contributed by atoms with Crippen molar-refractivity contribution in [3.63, 3.8) is 0 Å². The summed E-state index contributed by atoms with van der Waals surface area (Å²) in [6.45, 7) is 2.11. The number of hydrogen-bond acceptors (Lipinski definition) is 3. The Balaban J connectivity index is 2.41. The molecule has 3 nitrogen and oxygen atoms in total. The number of nitrogens with zero attached hydrogens (tertiary/aromatic N) is 3. The molecule has 0 N–H and O–H groups in total. The average Bonchev–Trinajstić information content (AvgIpc) is 2.30. The van der Waals surface area contributed by atoms with Crippen molar-refractivity contribution < 1.29 is 0 Å². The third-order valence-corrected chi connectivity index (χ3v) is 2.34. The number of aromatic nitrogens is 3. The van der Waals surface area contributed by atoms with E-state index < -0.39 is 0 Å². The summed E-state index contributed by atoms with van der Waals surface area (Å²) in [4.78, 5) is 12.8. The van der Waals surface area contributed by atoms with Crippen LogP contribution in [0.1, 0.15) is 19.0 Å². The van der Waals surface area contributed by atoms with Crippen LogP contribution in [0.25, 0.3) is 11.5 Å². The van der Waals surface area contributed by atoms with Gasteiger partial charge in [-0.3, -0.25) is 4.98 Å². The van der Waals surface area contributed by atoms with E-state index in [1.165, 1.54) is 0 Å². The van der Waals surface area contributed by atoms with Gasteiger partial charge in [0.05, 0.1) is 0 Å². The van der Waals surface area contributed by atoms with Gasteiger partial charge in [-0.05, 0) is 24.6 Å². The lowest BCUT2D eigenvalue weighted by molar-refractivity contribution is 0.874. The second-order valence-electron chi connectivity index (χ2n) is 3.47. The van der Waals surface area contributed by atoms with Crippen molar-refractivity contribution in [2.45, 2.75) is 19.8 Å². The van der Waals surface area contributed by atoms with Crippen molar-refractivity contribution in [3.8, 4) is 11.5 Å². The molecule has 2 heterocycles. The Hall–Kier alpha value is -1.48. The highest BCUT2D eigenvalue weighted by molar-refractivity contribution is 6.29. The van der Waals surface area contributed by atoms with E-state index in [1.54, 1.807) is 12.3 Å². The molecular formula is C12H12ClN3. The summed E-state index contributed by atoms with van der Waals surface area (Å²) in [6, 6.07) is 7.45. The Morgan fingerprint density at radius 1 is 1.25 bits per heavy atom. The topological polar surface area (TPSA) is 38.7 Å². The highest BCUT2D eigenvalue weighted by Gasteiger charge is 2.05. The zero-order chi connectivity index (χ0) is 11.4. The monoisotopic (exact) mass is 233 g/mol. The van der Waals surface area contributed by atoms with E-state index in [9.17, 15) is 0 Å². The molecule has 0 amide bonds. The molecule has 0 saturated heterocycles. The van der Waals surface area contributed by atoms with Crippen LogP contribution in [0.4, 0.5) is 0 Å². The zero-order valence-corrected chi connectivity index (χ0v) is 9.78. The van der Waals surface area contributed by atoms with Crippen molar-refractivity contribution in [1.29, 1.82) is 0 Å². The third kappa shape index (κ3) is 2.55. The molecule has 0 unspecified atom stereocenters. The largest absolute Gasteiger partial charge is 0.253 e. The second kappa shape index (κ2) is 5.03. The van der Waals surface area contributed by atoms with Gasteiger partial charge in [-0.15, -0.1) is 0 Å². The first-order chi connectivity index (χ1) is 7.79. The van der Waals surface area contributed by atoms with Gasteiger partial charge in [0.1, 0.15) is 10.8 Å². The molecule has 2 aromatic rings. The summed E-state index contributed by atoms with van der Waals surface area (Å²) in [5, 5.41) is 0.471. The van der Waals surface area contributed by atoms with E-state index in [1.807, 2.05) is 18.2 Å². The van der Waals surface area contributed by atoms with Crippen LogP contribution in [0.3, 0.4) is 0 Å². The summed E-state index contributed by atoms with van der Waals surface area (Å²) in [5.41, 5.74) is 1.71. The number of pyridine rings is 1. The minimum atomic E-state index is 0.471. The number of rotatable bonds is 3. The van der Waals surface area contributed by atoms with Crippen LogP contribution in [-0.4, -0.2) is 15.0 Å². The van der Waals surface area contributed by atoms with Crippen LogP contribution in [0, 0.1) is 0 Å². The van der Waals surface area contributed by atoms with Crippen LogP contribution in [-0.2, 0) is 6.42 Å². The van der Waals surface area contributed by atoms with E-state index in [4.69, 9.17) is 11.6 Å². The van der Waals surface area contributed by atoms with Gasteiger partial charge < -0.3 is 0 Å². The molecule has 82 valence electrons. The molecule has 0 spiro atoms. The normalized spacial score (nSPS) is 10.4. The van der Waals surface area contributed by atoms with Crippen molar-refractivity contribution >= 4 is 11.6 Å². The second-order valence-corrected chi connectivity index (χ2v) is 3.86. The predicted octanol–water partition coefficient (Wildman–Crippen LogP) is 3.14. The fourth-order valence-electron chi connectivity index (χ4n) is 1.46. The summed E-state index contributed by atoms with van der Waals surface area (Å²) in [7, 11) is 0. The van der Waals surface area contributed by atoms with Gasteiger partial charge in [0.25, 0.3) is 0 Å². The Kier molecular flexibility index (Phi) is 3.47. The SMILES string of the molecule is CCCc1cc(Cl)nc(-c2ccccn2)n1. The Bertz CT molecular complexity index is 471. The standard InChI is InChI=1S/C12H12ClN3/c1-2-5-9-8-11(13)16-12(15-9)10-6-3-4-7-14-10/h3-4,6-8H,2,5H2,1H3. The molecule has 0 aliphatic carbocycles. The number of aryl methyl sites for hydroxylation is 1. The predicted molar refractivity (Wildman–Crippen MR) is 64.3 cm³/mol. The van der Waals surface area contributed by atoms with Gasteiger partial charge in [-0.25, -0.2) is 9.97 Å². The molecule has 0 aliphatic rings. The zero-order valence-electron chi connectivity index (χ0n) is 9.02. The van der Waals surface area contributed by atoms with E-state index in [-0.39, 0.29) is 0 Å². The lowest BCUT2D eigenvalue weighted by Gasteiger charge is -2.03. The van der Waals surface area contributed by atoms with E-state index in [0.29, 0.717) is 11.0 Å². The lowest BCUT2D eigenvalue weighted by Crippen LogP contribution is -1.97. The van der Waals surface area contributed by atoms with Gasteiger partial charge in [-0.2, -0.15) is 0 Å². The van der Waals surface area contributed by atoms with E-state index >= 15 is 0 Å². The average molecular weight is 234 g/mol. The van der Waals surface area contributed by atoms with Crippen LogP contribution < -0.4 is 0 Å². The molecule has 0 atom stereocenters. The summed E-state index contributed by atoms with van der Waals surface area (Å²) in [5.74, 6) is 0.594. The fraction of sp³-hybridized carbons (Fsp3) is 0.250. The third-order valence-electron chi connectivity index (χ3n) is 2.15. The van der Waals surface area contributed by atoms with Crippen molar-refractivity contribution in [1.82, 2.24) is 15.0 Å². The maximum Gasteiger partial charge on any atom is 0.179 e. The molecule has 0 aliphatic heterocycles. The van der Waals surface area contributed by atoms with Crippen LogP contribution in [0.15, 0.2) is 30.5 Å². The molecule has 0 aromatic carbocycles. The summed E-state index contributed by atoms with van der Waals surface area (Å²) >= 11 is 5.96. The van der Waals surface area contributed by atoms with Crippen LogP contribution in [0.2, 0.25) is 5.15 Å². The first-order valence-corrected chi connectivity index (χ1v) is 5.62. The minimum Gasteiger partial charge on any atom is -0.253 e. The van der Waals surface area contributed by atoms with Gasteiger partial charge in [0.15, 0.2) is 5.82 Å². The minimum absolute atomic E-state index is 0.471. The van der Waals surface area contributed by atoms with Gasteiger partial charge in [0.2, 0.25) is 0 Å². The van der Waals surface area contributed by atoms with Crippen molar-refractivity contribution in [3.05, 3.63) is 41.3 Å². The maximum absolute atomic E-state index is 5.96. The van der Waals surface area contributed by atoms with Crippen molar-refractivity contribution in [2.75, 3.05) is 0 Å². The molecule has 0 radical (unpaired) electrons. The molecule has 2 rings (SSSR count). The molecule has 0 saturated carbocycles. The Morgan fingerprint density at radius 3 is 2.81 bits per heavy atom. The van der Waals surface area contributed by atoms with E-state index in [2.05, 4.69) is 21.9 Å². The van der Waals surface area contributed by atoms with Crippen molar-refractivity contribution in [2.24, 2.45) is 0 Å². The highest BCUT2D eigenvalue weighted by atomic mass is 35.5. The van der Waals surface area contributed by atoms with E-state index in [0.717, 1.165) is 24.2 Å².